The quantitative estimate of drug-likeness (QED) is 0.711. The number of hydrogen-bond acceptors (Lipinski definition) is 2. The van der Waals surface area contributed by atoms with Gasteiger partial charge in [0.1, 0.15) is 0 Å². The van der Waals surface area contributed by atoms with E-state index < -0.39 is 23.3 Å². The summed E-state index contributed by atoms with van der Waals surface area (Å²) in [7, 11) is 0. The van der Waals surface area contributed by atoms with Crippen molar-refractivity contribution in [1.82, 2.24) is 0 Å². The molecular weight excluding hydrogens is 196 g/mol. The van der Waals surface area contributed by atoms with Crippen LogP contribution < -0.4 is 0 Å². The molecule has 4 nitrogen and oxygen atoms in total. The van der Waals surface area contributed by atoms with E-state index in [1.807, 2.05) is 0 Å². The molecule has 0 aromatic heterocycles. The van der Waals surface area contributed by atoms with Crippen molar-refractivity contribution >= 4 is 23.5 Å². The van der Waals surface area contributed by atoms with Crippen LogP contribution in [0.25, 0.3) is 0 Å². The molecule has 1 unspecified atom stereocenters. The van der Waals surface area contributed by atoms with Crippen molar-refractivity contribution in [3.05, 3.63) is 10.6 Å². The first-order valence-corrected chi connectivity index (χ1v) is 4.04. The molecule has 1 aliphatic rings. The molecule has 0 heterocycles. The average molecular weight is 205 g/mol. The molecule has 1 rings (SSSR count). The lowest BCUT2D eigenvalue weighted by atomic mass is 9.64. The second-order valence-electron chi connectivity index (χ2n) is 3.53. The van der Waals surface area contributed by atoms with Gasteiger partial charge in [0, 0.05) is 10.4 Å². The Bertz CT molecular complexity index is 316. The lowest BCUT2D eigenvalue weighted by Gasteiger charge is -2.41. The van der Waals surface area contributed by atoms with E-state index in [9.17, 15) is 9.59 Å². The van der Waals surface area contributed by atoms with Crippen molar-refractivity contribution in [3.8, 4) is 0 Å². The van der Waals surface area contributed by atoms with Gasteiger partial charge in [-0.05, 0) is 0 Å². The Kier molecular flexibility index (Phi) is 2.11. The van der Waals surface area contributed by atoms with Gasteiger partial charge in [-0.3, -0.25) is 4.79 Å². The number of carboxylic acid groups (broad SMARTS) is 2. The summed E-state index contributed by atoms with van der Waals surface area (Å²) in [4.78, 5) is 21.3. The Hall–Kier alpha value is -1.03. The van der Waals surface area contributed by atoms with Crippen LogP contribution >= 0.6 is 11.6 Å². The first-order valence-electron chi connectivity index (χ1n) is 3.66. The maximum absolute atomic E-state index is 10.7. The summed E-state index contributed by atoms with van der Waals surface area (Å²) in [5.74, 6) is -3.40. The second kappa shape index (κ2) is 2.73. The standard InChI is InChI=1S/C8H9ClO4/c1-8(2)4(7(12)13)3(5(8)9)6(10)11/h4H,1-2H3,(H,10,11)(H,12,13). The number of carboxylic acids is 2. The third-order valence-electron chi connectivity index (χ3n) is 2.29. The van der Waals surface area contributed by atoms with Crippen molar-refractivity contribution < 1.29 is 19.8 Å². The van der Waals surface area contributed by atoms with E-state index in [1.165, 1.54) is 0 Å². The number of aliphatic carboxylic acids is 2. The molecule has 5 heteroatoms. The van der Waals surface area contributed by atoms with Crippen LogP contribution in [0.2, 0.25) is 0 Å². The molecule has 0 radical (unpaired) electrons. The normalized spacial score (nSPS) is 25.3. The van der Waals surface area contributed by atoms with E-state index in [0.29, 0.717) is 0 Å². The maximum atomic E-state index is 10.7. The van der Waals surface area contributed by atoms with Gasteiger partial charge in [0.25, 0.3) is 0 Å². The van der Waals surface area contributed by atoms with Gasteiger partial charge in [-0.2, -0.15) is 0 Å². The predicted octanol–water partition coefficient (Wildman–Crippen LogP) is 1.30. The van der Waals surface area contributed by atoms with Gasteiger partial charge >= 0.3 is 11.9 Å². The topological polar surface area (TPSA) is 74.6 Å². The first kappa shape index (κ1) is 10.1. The SMILES string of the molecule is CC1(C)C(Cl)=C(C(=O)O)C1C(=O)O. The molecule has 0 aromatic carbocycles. The molecule has 1 aliphatic carbocycles. The van der Waals surface area contributed by atoms with E-state index in [4.69, 9.17) is 21.8 Å². The van der Waals surface area contributed by atoms with Crippen LogP contribution in [0.5, 0.6) is 0 Å². The molecule has 0 bridgehead atoms. The van der Waals surface area contributed by atoms with Gasteiger partial charge in [-0.15, -0.1) is 0 Å². The molecule has 0 saturated heterocycles. The smallest absolute Gasteiger partial charge is 0.333 e. The molecule has 0 fully saturated rings. The van der Waals surface area contributed by atoms with Crippen LogP contribution in [0.1, 0.15) is 13.8 Å². The molecule has 72 valence electrons. The molecule has 0 aliphatic heterocycles. The molecule has 2 N–H and O–H groups in total. The third kappa shape index (κ3) is 1.21. The first-order chi connectivity index (χ1) is 5.80. The van der Waals surface area contributed by atoms with Crippen molar-refractivity contribution in [1.29, 1.82) is 0 Å². The zero-order chi connectivity index (χ0) is 10.4. The van der Waals surface area contributed by atoms with E-state index in [2.05, 4.69) is 0 Å². The van der Waals surface area contributed by atoms with E-state index in [-0.39, 0.29) is 10.6 Å². The highest BCUT2D eigenvalue weighted by Gasteiger charge is 2.53. The predicted molar refractivity (Wildman–Crippen MR) is 45.4 cm³/mol. The Morgan fingerprint density at radius 2 is 1.85 bits per heavy atom. The minimum Gasteiger partial charge on any atom is -0.481 e. The Morgan fingerprint density at radius 3 is 2.08 bits per heavy atom. The number of hydrogen-bond donors (Lipinski definition) is 2. The largest absolute Gasteiger partial charge is 0.481 e. The molecule has 13 heavy (non-hydrogen) atoms. The molecule has 0 amide bonds. The highest BCUT2D eigenvalue weighted by Crippen LogP contribution is 2.53. The number of rotatable bonds is 2. The highest BCUT2D eigenvalue weighted by molar-refractivity contribution is 6.34. The average Bonchev–Trinajstić information content (AvgIpc) is 1.96. The molecule has 0 spiro atoms. The van der Waals surface area contributed by atoms with Crippen LogP contribution in [0.15, 0.2) is 10.6 Å². The van der Waals surface area contributed by atoms with Crippen LogP contribution in [-0.4, -0.2) is 22.2 Å². The van der Waals surface area contributed by atoms with Gasteiger partial charge in [0.2, 0.25) is 0 Å². The van der Waals surface area contributed by atoms with Crippen molar-refractivity contribution in [2.75, 3.05) is 0 Å². The molecule has 0 aromatic rings. The summed E-state index contributed by atoms with van der Waals surface area (Å²) in [5.41, 5.74) is -0.958. The van der Waals surface area contributed by atoms with Gasteiger partial charge < -0.3 is 10.2 Å². The van der Waals surface area contributed by atoms with Crippen LogP contribution in [0.4, 0.5) is 0 Å². The highest BCUT2D eigenvalue weighted by atomic mass is 35.5. The zero-order valence-electron chi connectivity index (χ0n) is 7.17. The van der Waals surface area contributed by atoms with E-state index in [0.717, 1.165) is 0 Å². The van der Waals surface area contributed by atoms with Crippen LogP contribution in [-0.2, 0) is 9.59 Å². The third-order valence-corrected chi connectivity index (χ3v) is 2.98. The van der Waals surface area contributed by atoms with E-state index in [1.54, 1.807) is 13.8 Å². The summed E-state index contributed by atoms with van der Waals surface area (Å²) in [6.45, 7) is 3.22. The van der Waals surface area contributed by atoms with Crippen molar-refractivity contribution in [3.63, 3.8) is 0 Å². The van der Waals surface area contributed by atoms with Crippen molar-refractivity contribution in [2.45, 2.75) is 13.8 Å². The Balaban J connectivity index is 3.15. The van der Waals surface area contributed by atoms with Crippen molar-refractivity contribution in [2.24, 2.45) is 11.3 Å². The van der Waals surface area contributed by atoms with Gasteiger partial charge in [0.05, 0.1) is 11.5 Å². The second-order valence-corrected chi connectivity index (χ2v) is 3.90. The fraction of sp³-hybridized carbons (Fsp3) is 0.500. The van der Waals surface area contributed by atoms with Gasteiger partial charge in [-0.1, -0.05) is 25.4 Å². The minimum absolute atomic E-state index is 0.132. The summed E-state index contributed by atoms with van der Waals surface area (Å²) in [6, 6.07) is 0. The lowest BCUT2D eigenvalue weighted by Crippen LogP contribution is -2.44. The number of carbonyl (C=O) groups is 2. The maximum Gasteiger partial charge on any atom is 0.333 e. The monoisotopic (exact) mass is 204 g/mol. The lowest BCUT2D eigenvalue weighted by molar-refractivity contribution is -0.148. The van der Waals surface area contributed by atoms with Gasteiger partial charge in [-0.25, -0.2) is 4.79 Å². The summed E-state index contributed by atoms with van der Waals surface area (Å²) < 4.78 is 0. The Labute approximate surface area is 79.8 Å². The molecule has 0 saturated carbocycles. The summed E-state index contributed by atoms with van der Waals surface area (Å²) >= 11 is 5.68. The molecular formula is C8H9ClO4. The summed E-state index contributed by atoms with van der Waals surface area (Å²) in [6.07, 6.45) is 0. The fourth-order valence-electron chi connectivity index (χ4n) is 1.53. The zero-order valence-corrected chi connectivity index (χ0v) is 7.92. The number of allylic oxidation sites excluding steroid dienone is 1. The van der Waals surface area contributed by atoms with E-state index >= 15 is 0 Å². The minimum atomic E-state index is -1.25. The van der Waals surface area contributed by atoms with Gasteiger partial charge in [0.15, 0.2) is 0 Å². The van der Waals surface area contributed by atoms with Crippen LogP contribution in [0, 0.1) is 11.3 Å². The summed E-state index contributed by atoms with van der Waals surface area (Å²) in [5, 5.41) is 17.5. The van der Waals surface area contributed by atoms with Crippen LogP contribution in [0.3, 0.4) is 0 Å². The molecule has 1 atom stereocenters. The number of halogens is 1. The Morgan fingerprint density at radius 1 is 1.38 bits per heavy atom. The fourth-order valence-corrected chi connectivity index (χ4v) is 1.83.